The van der Waals surface area contributed by atoms with Crippen molar-refractivity contribution in [3.8, 4) is 5.69 Å². The summed E-state index contributed by atoms with van der Waals surface area (Å²) in [6, 6.07) is 6.27. The molecule has 1 aromatic heterocycles. The molecule has 0 radical (unpaired) electrons. The Morgan fingerprint density at radius 1 is 1.21 bits per heavy atom. The molecule has 0 saturated carbocycles. The normalized spacial score (nSPS) is 13.6. The van der Waals surface area contributed by atoms with Gasteiger partial charge in [-0.15, -0.1) is 0 Å². The van der Waals surface area contributed by atoms with Gasteiger partial charge < -0.3 is 5.32 Å². The second-order valence-corrected chi connectivity index (χ2v) is 6.33. The Labute approximate surface area is 142 Å². The van der Waals surface area contributed by atoms with Crippen molar-refractivity contribution in [2.24, 2.45) is 0 Å². The van der Waals surface area contributed by atoms with Crippen LogP contribution in [-0.4, -0.2) is 22.2 Å². The molecule has 3 rings (SSSR count). The van der Waals surface area contributed by atoms with Crippen molar-refractivity contribution in [3.05, 3.63) is 47.0 Å². The summed E-state index contributed by atoms with van der Waals surface area (Å²) in [4.78, 5) is 12.5. The minimum absolute atomic E-state index is 0.0925. The third kappa shape index (κ3) is 3.50. The number of carbonyl (C=O) groups excluding carboxylic acids is 1. The van der Waals surface area contributed by atoms with Gasteiger partial charge in [-0.1, -0.05) is 19.8 Å². The smallest absolute Gasteiger partial charge is 0.272 e. The first-order valence-electron chi connectivity index (χ1n) is 8.85. The summed E-state index contributed by atoms with van der Waals surface area (Å²) in [5.74, 6) is -0.362. The fourth-order valence-corrected chi connectivity index (χ4v) is 3.24. The van der Waals surface area contributed by atoms with Gasteiger partial charge in [-0.05, 0) is 56.4 Å². The first-order valence-corrected chi connectivity index (χ1v) is 8.85. The van der Waals surface area contributed by atoms with Crippen molar-refractivity contribution < 1.29 is 9.18 Å². The summed E-state index contributed by atoms with van der Waals surface area (Å²) < 4.78 is 15.0. The standard InChI is InChI=1S/C19H24FN3O/c1-2-3-6-13-21-19(24)18-16-7-4-5-8-17(16)23(22-18)15-11-9-14(20)10-12-15/h9-12H,2-8,13H2,1H3,(H,21,24). The number of hydrogen-bond acceptors (Lipinski definition) is 2. The highest BCUT2D eigenvalue weighted by atomic mass is 19.1. The zero-order valence-corrected chi connectivity index (χ0v) is 14.1. The molecule has 0 unspecified atom stereocenters. The Morgan fingerprint density at radius 2 is 1.96 bits per heavy atom. The zero-order valence-electron chi connectivity index (χ0n) is 14.1. The van der Waals surface area contributed by atoms with Gasteiger partial charge in [-0.2, -0.15) is 5.10 Å². The number of hydrogen-bond donors (Lipinski definition) is 1. The third-order valence-corrected chi connectivity index (χ3v) is 4.53. The second kappa shape index (κ2) is 7.60. The van der Waals surface area contributed by atoms with Crippen molar-refractivity contribution >= 4 is 5.91 Å². The summed E-state index contributed by atoms with van der Waals surface area (Å²) in [6.45, 7) is 2.83. The number of fused-ring (bicyclic) bond motifs is 1. The van der Waals surface area contributed by atoms with Crippen LogP contribution in [0.15, 0.2) is 24.3 Å². The van der Waals surface area contributed by atoms with E-state index in [0.717, 1.165) is 61.9 Å². The fraction of sp³-hybridized carbons (Fsp3) is 0.474. The Balaban J connectivity index is 1.87. The SMILES string of the molecule is CCCCCNC(=O)c1nn(-c2ccc(F)cc2)c2c1CCCC2. The third-order valence-electron chi connectivity index (χ3n) is 4.53. The highest BCUT2D eigenvalue weighted by molar-refractivity contribution is 5.94. The van der Waals surface area contributed by atoms with Crippen molar-refractivity contribution in [2.75, 3.05) is 6.54 Å². The number of halogens is 1. The van der Waals surface area contributed by atoms with Gasteiger partial charge in [0.2, 0.25) is 0 Å². The zero-order chi connectivity index (χ0) is 16.9. The molecule has 5 heteroatoms. The molecule has 0 spiro atoms. The molecule has 24 heavy (non-hydrogen) atoms. The Morgan fingerprint density at radius 3 is 2.71 bits per heavy atom. The van der Waals surface area contributed by atoms with E-state index >= 15 is 0 Å². The average Bonchev–Trinajstić information content (AvgIpc) is 2.99. The van der Waals surface area contributed by atoms with E-state index in [-0.39, 0.29) is 11.7 Å². The Bertz CT molecular complexity index is 706. The van der Waals surface area contributed by atoms with E-state index in [1.807, 2.05) is 4.68 Å². The Kier molecular flexibility index (Phi) is 5.28. The van der Waals surface area contributed by atoms with E-state index < -0.39 is 0 Å². The number of amides is 1. The lowest BCUT2D eigenvalue weighted by atomic mass is 9.95. The van der Waals surface area contributed by atoms with Crippen LogP contribution in [0.1, 0.15) is 60.8 Å². The maximum atomic E-state index is 13.2. The molecule has 0 fully saturated rings. The molecule has 1 aliphatic rings. The van der Waals surface area contributed by atoms with E-state index in [1.165, 1.54) is 12.1 Å². The minimum Gasteiger partial charge on any atom is -0.351 e. The van der Waals surface area contributed by atoms with E-state index in [2.05, 4.69) is 17.3 Å². The lowest BCUT2D eigenvalue weighted by Crippen LogP contribution is -2.26. The van der Waals surface area contributed by atoms with Crippen LogP contribution in [0.3, 0.4) is 0 Å². The lowest BCUT2D eigenvalue weighted by molar-refractivity contribution is 0.0946. The van der Waals surface area contributed by atoms with Gasteiger partial charge in [0.25, 0.3) is 5.91 Å². The van der Waals surface area contributed by atoms with Gasteiger partial charge in [0.15, 0.2) is 5.69 Å². The lowest BCUT2D eigenvalue weighted by Gasteiger charge is -2.14. The summed E-state index contributed by atoms with van der Waals surface area (Å²) in [7, 11) is 0. The summed E-state index contributed by atoms with van der Waals surface area (Å²) in [5, 5.41) is 7.56. The maximum absolute atomic E-state index is 13.2. The largest absolute Gasteiger partial charge is 0.351 e. The molecule has 1 N–H and O–H groups in total. The molecular formula is C19H24FN3O. The fourth-order valence-electron chi connectivity index (χ4n) is 3.24. The van der Waals surface area contributed by atoms with Crippen molar-refractivity contribution in [1.29, 1.82) is 0 Å². The molecule has 1 heterocycles. The molecular weight excluding hydrogens is 305 g/mol. The molecule has 128 valence electrons. The van der Waals surface area contributed by atoms with E-state index in [0.29, 0.717) is 12.2 Å². The van der Waals surface area contributed by atoms with Crippen LogP contribution in [0, 0.1) is 5.82 Å². The molecule has 2 aromatic rings. The minimum atomic E-state index is -0.270. The summed E-state index contributed by atoms with van der Waals surface area (Å²) >= 11 is 0. The van der Waals surface area contributed by atoms with E-state index in [4.69, 9.17) is 0 Å². The van der Waals surface area contributed by atoms with Crippen LogP contribution in [0.2, 0.25) is 0 Å². The molecule has 0 atom stereocenters. The van der Waals surface area contributed by atoms with Gasteiger partial charge in [-0.3, -0.25) is 4.79 Å². The summed E-state index contributed by atoms with van der Waals surface area (Å²) in [5.41, 5.74) is 3.48. The van der Waals surface area contributed by atoms with Crippen LogP contribution in [0.5, 0.6) is 0 Å². The van der Waals surface area contributed by atoms with Gasteiger partial charge in [-0.25, -0.2) is 9.07 Å². The average molecular weight is 329 g/mol. The first-order chi connectivity index (χ1) is 11.7. The van der Waals surface area contributed by atoms with E-state index in [9.17, 15) is 9.18 Å². The number of benzene rings is 1. The van der Waals surface area contributed by atoms with Crippen LogP contribution in [-0.2, 0) is 12.8 Å². The van der Waals surface area contributed by atoms with Gasteiger partial charge in [0.05, 0.1) is 5.69 Å². The predicted molar refractivity (Wildman–Crippen MR) is 92.0 cm³/mol. The monoisotopic (exact) mass is 329 g/mol. The number of rotatable bonds is 6. The van der Waals surface area contributed by atoms with Crippen LogP contribution < -0.4 is 5.32 Å². The number of nitrogens with one attached hydrogen (secondary N) is 1. The number of unbranched alkanes of at least 4 members (excludes halogenated alkanes) is 2. The van der Waals surface area contributed by atoms with Crippen LogP contribution in [0.4, 0.5) is 4.39 Å². The molecule has 0 saturated heterocycles. The molecule has 0 bridgehead atoms. The topological polar surface area (TPSA) is 46.9 Å². The van der Waals surface area contributed by atoms with Gasteiger partial charge in [0.1, 0.15) is 5.82 Å². The number of carbonyl (C=O) groups is 1. The maximum Gasteiger partial charge on any atom is 0.272 e. The number of aromatic nitrogens is 2. The molecule has 1 aliphatic carbocycles. The predicted octanol–water partition coefficient (Wildman–Crippen LogP) is 3.81. The van der Waals surface area contributed by atoms with Crippen LogP contribution in [0.25, 0.3) is 5.69 Å². The van der Waals surface area contributed by atoms with Gasteiger partial charge >= 0.3 is 0 Å². The van der Waals surface area contributed by atoms with Crippen LogP contribution >= 0.6 is 0 Å². The van der Waals surface area contributed by atoms with Gasteiger partial charge in [0, 0.05) is 17.8 Å². The molecule has 1 aromatic carbocycles. The second-order valence-electron chi connectivity index (χ2n) is 6.33. The quantitative estimate of drug-likeness (QED) is 0.819. The van der Waals surface area contributed by atoms with Crippen molar-refractivity contribution in [2.45, 2.75) is 51.9 Å². The van der Waals surface area contributed by atoms with E-state index in [1.54, 1.807) is 12.1 Å². The summed E-state index contributed by atoms with van der Waals surface area (Å²) in [6.07, 6.45) is 7.20. The molecule has 1 amide bonds. The van der Waals surface area contributed by atoms with Crippen molar-refractivity contribution in [1.82, 2.24) is 15.1 Å². The highest BCUT2D eigenvalue weighted by Gasteiger charge is 2.25. The number of nitrogens with zero attached hydrogens (tertiary/aromatic N) is 2. The Hall–Kier alpha value is -2.17. The van der Waals surface area contributed by atoms with Crippen molar-refractivity contribution in [3.63, 3.8) is 0 Å². The molecule has 0 aliphatic heterocycles. The molecule has 4 nitrogen and oxygen atoms in total. The first kappa shape index (κ1) is 16.7. The highest BCUT2D eigenvalue weighted by Crippen LogP contribution is 2.27.